The number of nitrogens with zero attached hydrogens (tertiary/aromatic N) is 1. The van der Waals surface area contributed by atoms with Gasteiger partial charge in [0.2, 0.25) is 5.75 Å². The van der Waals surface area contributed by atoms with E-state index in [1.807, 2.05) is 0 Å². The zero-order valence-electron chi connectivity index (χ0n) is 10.2. The quantitative estimate of drug-likeness (QED) is 0.683. The molecule has 0 amide bonds. The smallest absolute Gasteiger partial charge is 0.337 e. The van der Waals surface area contributed by atoms with Crippen LogP contribution in [0.5, 0.6) is 11.5 Å². The van der Waals surface area contributed by atoms with Gasteiger partial charge in [0, 0.05) is 0 Å². The number of ether oxygens (including phenoxy) is 1. The predicted molar refractivity (Wildman–Crippen MR) is 71.5 cm³/mol. The molecule has 0 aliphatic carbocycles. The summed E-state index contributed by atoms with van der Waals surface area (Å²) in [5, 5.41) is 19.8. The molecule has 0 bridgehead atoms. The highest BCUT2D eigenvalue weighted by Crippen LogP contribution is 2.33. The molecule has 2 aromatic rings. The second kappa shape index (κ2) is 5.76. The predicted octanol–water partition coefficient (Wildman–Crippen LogP) is 3.88. The normalized spacial score (nSPS) is 10.2. The van der Waals surface area contributed by atoms with E-state index in [1.165, 1.54) is 12.1 Å². The molecule has 0 fully saturated rings. The van der Waals surface area contributed by atoms with Gasteiger partial charge in [-0.1, -0.05) is 11.6 Å². The molecule has 21 heavy (non-hydrogen) atoms. The molecule has 0 aliphatic heterocycles. The van der Waals surface area contributed by atoms with Crippen LogP contribution in [-0.4, -0.2) is 16.0 Å². The minimum absolute atomic E-state index is 0.00320. The van der Waals surface area contributed by atoms with Gasteiger partial charge in [-0.25, -0.2) is 9.18 Å². The minimum Gasteiger partial charge on any atom is -0.478 e. The van der Waals surface area contributed by atoms with E-state index in [0.29, 0.717) is 6.07 Å². The van der Waals surface area contributed by atoms with E-state index >= 15 is 0 Å². The van der Waals surface area contributed by atoms with E-state index in [-0.39, 0.29) is 22.1 Å². The standard InChI is InChI=1S/C13H7ClFNO5/c14-10-3-2-8(6-9(10)13(17)18)21-12-4-1-7(15)5-11(12)16(19)20/h1-6H,(H,17,18). The van der Waals surface area contributed by atoms with E-state index in [0.717, 1.165) is 18.2 Å². The third kappa shape index (κ3) is 3.26. The van der Waals surface area contributed by atoms with Crippen LogP contribution in [0, 0.1) is 15.9 Å². The number of nitro groups is 1. The molecule has 0 heterocycles. The number of nitro benzene ring substituents is 1. The fourth-order valence-electron chi connectivity index (χ4n) is 1.58. The maximum atomic E-state index is 13.0. The van der Waals surface area contributed by atoms with Gasteiger partial charge in [-0.05, 0) is 30.3 Å². The zero-order valence-corrected chi connectivity index (χ0v) is 11.0. The Bertz CT molecular complexity index is 734. The van der Waals surface area contributed by atoms with E-state index < -0.39 is 22.4 Å². The number of carbonyl (C=O) groups is 1. The largest absolute Gasteiger partial charge is 0.478 e. The fraction of sp³-hybridized carbons (Fsp3) is 0. The number of aromatic carboxylic acids is 1. The molecule has 0 aromatic heterocycles. The van der Waals surface area contributed by atoms with E-state index in [1.54, 1.807) is 0 Å². The van der Waals surface area contributed by atoms with Crippen molar-refractivity contribution in [3.05, 3.63) is 62.9 Å². The van der Waals surface area contributed by atoms with Crippen LogP contribution in [0.2, 0.25) is 5.02 Å². The van der Waals surface area contributed by atoms with Crippen LogP contribution in [0.3, 0.4) is 0 Å². The Labute approximate surface area is 122 Å². The summed E-state index contributed by atoms with van der Waals surface area (Å²) in [6.45, 7) is 0. The van der Waals surface area contributed by atoms with Crippen molar-refractivity contribution in [1.29, 1.82) is 0 Å². The zero-order chi connectivity index (χ0) is 15.6. The van der Waals surface area contributed by atoms with Crippen LogP contribution in [0.1, 0.15) is 10.4 Å². The van der Waals surface area contributed by atoms with Gasteiger partial charge in [0.25, 0.3) is 0 Å². The maximum Gasteiger partial charge on any atom is 0.337 e. The van der Waals surface area contributed by atoms with Gasteiger partial charge >= 0.3 is 11.7 Å². The van der Waals surface area contributed by atoms with Crippen LogP contribution in [-0.2, 0) is 0 Å². The Morgan fingerprint density at radius 3 is 2.62 bits per heavy atom. The molecular weight excluding hydrogens is 305 g/mol. The van der Waals surface area contributed by atoms with E-state index in [4.69, 9.17) is 21.4 Å². The first kappa shape index (κ1) is 14.7. The van der Waals surface area contributed by atoms with Crippen molar-refractivity contribution in [3.8, 4) is 11.5 Å². The van der Waals surface area contributed by atoms with Crippen molar-refractivity contribution in [3.63, 3.8) is 0 Å². The summed E-state index contributed by atoms with van der Waals surface area (Å²) in [6, 6.07) is 6.55. The number of halogens is 2. The molecule has 2 aromatic carbocycles. The van der Waals surface area contributed by atoms with Crippen molar-refractivity contribution >= 4 is 23.3 Å². The average molecular weight is 312 g/mol. The first-order chi connectivity index (χ1) is 9.88. The first-order valence-corrected chi connectivity index (χ1v) is 5.91. The topological polar surface area (TPSA) is 89.7 Å². The highest BCUT2D eigenvalue weighted by molar-refractivity contribution is 6.33. The number of carboxylic acid groups (broad SMARTS) is 1. The van der Waals surface area contributed by atoms with Crippen LogP contribution in [0.15, 0.2) is 36.4 Å². The number of hydrogen-bond acceptors (Lipinski definition) is 4. The monoisotopic (exact) mass is 311 g/mol. The summed E-state index contributed by atoms with van der Waals surface area (Å²) in [7, 11) is 0. The Hall–Kier alpha value is -2.67. The van der Waals surface area contributed by atoms with Crippen molar-refractivity contribution in [2.45, 2.75) is 0 Å². The van der Waals surface area contributed by atoms with Crippen LogP contribution in [0.25, 0.3) is 0 Å². The van der Waals surface area contributed by atoms with Crippen LogP contribution < -0.4 is 4.74 Å². The fourth-order valence-corrected chi connectivity index (χ4v) is 1.78. The third-order valence-corrected chi connectivity index (χ3v) is 2.84. The van der Waals surface area contributed by atoms with Crippen LogP contribution in [0.4, 0.5) is 10.1 Å². The lowest BCUT2D eigenvalue weighted by atomic mass is 10.2. The maximum absolute atomic E-state index is 13.0. The van der Waals surface area contributed by atoms with Crippen molar-refractivity contribution in [2.24, 2.45) is 0 Å². The Morgan fingerprint density at radius 2 is 2.00 bits per heavy atom. The molecule has 2 rings (SSSR count). The summed E-state index contributed by atoms with van der Waals surface area (Å²) in [6.07, 6.45) is 0. The molecule has 108 valence electrons. The third-order valence-electron chi connectivity index (χ3n) is 2.51. The van der Waals surface area contributed by atoms with E-state index in [2.05, 4.69) is 0 Å². The average Bonchev–Trinajstić information content (AvgIpc) is 2.42. The number of benzene rings is 2. The van der Waals surface area contributed by atoms with Crippen molar-refractivity contribution < 1.29 is 24.0 Å². The summed E-state index contributed by atoms with van der Waals surface area (Å²) < 4.78 is 18.3. The SMILES string of the molecule is O=C(O)c1cc(Oc2ccc(F)cc2[N+](=O)[O-])ccc1Cl. The van der Waals surface area contributed by atoms with Gasteiger partial charge < -0.3 is 9.84 Å². The summed E-state index contributed by atoms with van der Waals surface area (Å²) in [4.78, 5) is 21.0. The molecule has 8 heteroatoms. The second-order valence-electron chi connectivity index (χ2n) is 3.92. The van der Waals surface area contributed by atoms with Gasteiger partial charge in [0.05, 0.1) is 21.6 Å². The van der Waals surface area contributed by atoms with Crippen molar-refractivity contribution in [1.82, 2.24) is 0 Å². The molecule has 0 radical (unpaired) electrons. The second-order valence-corrected chi connectivity index (χ2v) is 4.33. The van der Waals surface area contributed by atoms with Gasteiger partial charge in [-0.15, -0.1) is 0 Å². The molecule has 0 spiro atoms. The molecular formula is C13H7ClFNO5. The van der Waals surface area contributed by atoms with Gasteiger partial charge in [0.15, 0.2) is 0 Å². The highest BCUT2D eigenvalue weighted by atomic mass is 35.5. The number of carboxylic acids is 1. The molecule has 0 saturated heterocycles. The molecule has 1 N–H and O–H groups in total. The number of hydrogen-bond donors (Lipinski definition) is 1. The highest BCUT2D eigenvalue weighted by Gasteiger charge is 2.18. The van der Waals surface area contributed by atoms with Gasteiger partial charge in [-0.3, -0.25) is 10.1 Å². The Kier molecular flexibility index (Phi) is 4.04. The molecule has 0 atom stereocenters. The van der Waals surface area contributed by atoms with E-state index in [9.17, 15) is 19.3 Å². The lowest BCUT2D eigenvalue weighted by Gasteiger charge is -2.08. The minimum atomic E-state index is -1.26. The molecule has 0 unspecified atom stereocenters. The lowest BCUT2D eigenvalue weighted by molar-refractivity contribution is -0.385. The Morgan fingerprint density at radius 1 is 1.29 bits per heavy atom. The summed E-state index contributed by atoms with van der Waals surface area (Å²) >= 11 is 5.70. The number of rotatable bonds is 4. The van der Waals surface area contributed by atoms with Crippen LogP contribution >= 0.6 is 11.6 Å². The van der Waals surface area contributed by atoms with Gasteiger partial charge in [0.1, 0.15) is 11.6 Å². The van der Waals surface area contributed by atoms with Gasteiger partial charge in [-0.2, -0.15) is 0 Å². The summed E-state index contributed by atoms with van der Waals surface area (Å²) in [5.74, 6) is -2.22. The van der Waals surface area contributed by atoms with Crippen molar-refractivity contribution in [2.75, 3.05) is 0 Å². The first-order valence-electron chi connectivity index (χ1n) is 5.53. The lowest BCUT2D eigenvalue weighted by Crippen LogP contribution is -1.99. The summed E-state index contributed by atoms with van der Waals surface area (Å²) in [5.41, 5.74) is -0.777. The molecule has 6 nitrogen and oxygen atoms in total. The molecule has 0 saturated carbocycles. The molecule has 0 aliphatic rings. The Balaban J connectivity index is 2.41.